The molecule has 0 N–H and O–H groups in total. The Morgan fingerprint density at radius 3 is 1.51 bits per heavy atom. The Labute approximate surface area is 325 Å². The summed E-state index contributed by atoms with van der Waals surface area (Å²) < 4.78 is 19.1. The van der Waals surface area contributed by atoms with Gasteiger partial charge in [-0.3, -0.25) is 0 Å². The fourth-order valence-electron chi connectivity index (χ4n) is 8.20. The van der Waals surface area contributed by atoms with Crippen LogP contribution in [-0.2, 0) is 0 Å². The molecule has 0 bridgehead atoms. The van der Waals surface area contributed by atoms with Crippen molar-refractivity contribution >= 4 is 65.8 Å². The Balaban J connectivity index is 0.973. The molecule has 4 heterocycles. The molecule has 12 rings (SSSR count). The molecular weight excluding hydrogens is 703 g/mol. The minimum absolute atomic E-state index is 0.575. The summed E-state index contributed by atoms with van der Waals surface area (Å²) in [5.41, 5.74) is 12.0. The van der Waals surface area contributed by atoms with Gasteiger partial charge < -0.3 is 13.3 Å². The van der Waals surface area contributed by atoms with E-state index in [2.05, 4.69) is 97.1 Å². The van der Waals surface area contributed by atoms with Gasteiger partial charge in [-0.15, -0.1) is 0 Å². The van der Waals surface area contributed by atoms with Gasteiger partial charge >= 0.3 is 0 Å². The van der Waals surface area contributed by atoms with Crippen LogP contribution in [0.3, 0.4) is 0 Å². The molecule has 0 fully saturated rings. The van der Waals surface area contributed by atoms with Gasteiger partial charge in [-0.1, -0.05) is 127 Å². The lowest BCUT2D eigenvalue weighted by atomic mass is 9.93. The Bertz CT molecular complexity index is 3520. The predicted molar refractivity (Wildman–Crippen MR) is 229 cm³/mol. The average molecular weight is 732 g/mol. The van der Waals surface area contributed by atoms with Crippen LogP contribution < -0.4 is 0 Å². The van der Waals surface area contributed by atoms with Crippen molar-refractivity contribution in [1.82, 2.24) is 15.0 Å². The van der Waals surface area contributed by atoms with Crippen molar-refractivity contribution in [3.05, 3.63) is 176 Å². The van der Waals surface area contributed by atoms with Crippen molar-refractivity contribution < 1.29 is 13.3 Å². The lowest BCUT2D eigenvalue weighted by molar-refractivity contribution is 0.668. The molecule has 57 heavy (non-hydrogen) atoms. The number of fused-ring (bicyclic) bond motifs is 9. The number of aromatic nitrogens is 3. The van der Waals surface area contributed by atoms with Crippen molar-refractivity contribution in [2.24, 2.45) is 0 Å². The molecule has 0 atom stereocenters. The Kier molecular flexibility index (Phi) is 6.83. The summed E-state index contributed by atoms with van der Waals surface area (Å²) in [5, 5.41) is 6.49. The van der Waals surface area contributed by atoms with E-state index in [1.165, 1.54) is 0 Å². The first kappa shape index (κ1) is 31.5. The van der Waals surface area contributed by atoms with Gasteiger partial charge in [-0.05, 0) is 65.2 Å². The SMILES string of the molecule is c1ccc(-c2nc(-c3ccc(-c4ccc(-c5ccc6oc7ccccc7c6c5)c5c4oc4ccccc45)cc3)nc(-c3ccc4c(c3)oc3ccccc34)n2)cc1. The van der Waals surface area contributed by atoms with E-state index in [4.69, 9.17) is 28.2 Å². The third-order valence-electron chi connectivity index (χ3n) is 11.0. The maximum Gasteiger partial charge on any atom is 0.164 e. The maximum atomic E-state index is 6.68. The minimum Gasteiger partial charge on any atom is -0.456 e. The first-order chi connectivity index (χ1) is 28.2. The second-order valence-electron chi connectivity index (χ2n) is 14.3. The fraction of sp³-hybridized carbons (Fsp3) is 0. The van der Waals surface area contributed by atoms with Gasteiger partial charge in [0.1, 0.15) is 33.5 Å². The Morgan fingerprint density at radius 1 is 0.281 bits per heavy atom. The smallest absolute Gasteiger partial charge is 0.164 e. The molecule has 8 aromatic carbocycles. The molecule has 0 radical (unpaired) electrons. The summed E-state index contributed by atoms with van der Waals surface area (Å²) in [5.74, 6) is 1.76. The van der Waals surface area contributed by atoms with Gasteiger partial charge in [0, 0.05) is 54.6 Å². The van der Waals surface area contributed by atoms with Crippen LogP contribution in [0.15, 0.2) is 189 Å². The summed E-state index contributed by atoms with van der Waals surface area (Å²) >= 11 is 0. The van der Waals surface area contributed by atoms with Gasteiger partial charge in [0.05, 0.1) is 0 Å². The zero-order chi connectivity index (χ0) is 37.5. The van der Waals surface area contributed by atoms with Gasteiger partial charge in [-0.2, -0.15) is 0 Å². The standard InChI is InChI=1S/C51H29N3O3/c1-2-10-31(11-3-1)49-52-50(54-51(53-49)34-22-24-39-37-12-4-7-15-42(37)56-46(39)29-34)32-20-18-30(19-21-32)36-26-25-35(47-40-14-6-9-17-44(40)57-48(36)47)33-23-27-45-41(28-33)38-13-5-8-16-43(38)55-45/h1-29H. The number of furan rings is 3. The van der Waals surface area contributed by atoms with Crippen LogP contribution >= 0.6 is 0 Å². The molecule has 0 aliphatic rings. The zero-order valence-electron chi connectivity index (χ0n) is 30.3. The van der Waals surface area contributed by atoms with Crippen LogP contribution in [-0.4, -0.2) is 15.0 Å². The van der Waals surface area contributed by atoms with E-state index in [1.807, 2.05) is 78.9 Å². The molecule has 0 aliphatic heterocycles. The molecule has 0 aliphatic carbocycles. The van der Waals surface area contributed by atoms with Crippen molar-refractivity contribution in [1.29, 1.82) is 0 Å². The summed E-state index contributed by atoms with van der Waals surface area (Å²) in [6, 6.07) is 59.9. The maximum absolute atomic E-state index is 6.68. The second kappa shape index (κ2) is 12.3. The topological polar surface area (TPSA) is 78.1 Å². The van der Waals surface area contributed by atoms with E-state index in [-0.39, 0.29) is 0 Å². The predicted octanol–water partition coefficient (Wildman–Crippen LogP) is 13.9. The largest absolute Gasteiger partial charge is 0.456 e. The number of hydrogen-bond acceptors (Lipinski definition) is 6. The molecule has 0 spiro atoms. The van der Waals surface area contributed by atoms with Crippen molar-refractivity contribution in [3.8, 4) is 56.4 Å². The van der Waals surface area contributed by atoms with Crippen LogP contribution in [0.5, 0.6) is 0 Å². The van der Waals surface area contributed by atoms with E-state index >= 15 is 0 Å². The van der Waals surface area contributed by atoms with Crippen molar-refractivity contribution in [2.75, 3.05) is 0 Å². The Morgan fingerprint density at radius 2 is 0.772 bits per heavy atom. The number of nitrogens with zero attached hydrogens (tertiary/aromatic N) is 3. The highest BCUT2D eigenvalue weighted by Crippen LogP contribution is 2.43. The third-order valence-corrected chi connectivity index (χ3v) is 11.0. The quantitative estimate of drug-likeness (QED) is 0.175. The van der Waals surface area contributed by atoms with Gasteiger partial charge in [0.2, 0.25) is 0 Å². The molecular formula is C51H29N3O3. The van der Waals surface area contributed by atoms with Crippen LogP contribution in [0.1, 0.15) is 0 Å². The minimum atomic E-state index is 0.575. The van der Waals surface area contributed by atoms with Crippen LogP contribution in [0.2, 0.25) is 0 Å². The molecule has 0 saturated carbocycles. The van der Waals surface area contributed by atoms with E-state index < -0.39 is 0 Å². The summed E-state index contributed by atoms with van der Waals surface area (Å²) in [6.45, 7) is 0. The number of hydrogen-bond donors (Lipinski definition) is 0. The molecule has 6 nitrogen and oxygen atoms in total. The summed E-state index contributed by atoms with van der Waals surface area (Å²) in [6.07, 6.45) is 0. The van der Waals surface area contributed by atoms with Gasteiger partial charge in [0.15, 0.2) is 17.5 Å². The average Bonchev–Trinajstić information content (AvgIpc) is 3.97. The van der Waals surface area contributed by atoms with E-state index in [9.17, 15) is 0 Å². The normalized spacial score (nSPS) is 11.9. The zero-order valence-corrected chi connectivity index (χ0v) is 30.3. The first-order valence-electron chi connectivity index (χ1n) is 18.9. The molecule has 266 valence electrons. The van der Waals surface area contributed by atoms with Crippen molar-refractivity contribution in [2.45, 2.75) is 0 Å². The first-order valence-corrected chi connectivity index (χ1v) is 18.9. The monoisotopic (exact) mass is 731 g/mol. The van der Waals surface area contributed by atoms with Crippen LogP contribution in [0, 0.1) is 0 Å². The second-order valence-corrected chi connectivity index (χ2v) is 14.3. The van der Waals surface area contributed by atoms with Gasteiger partial charge in [-0.25, -0.2) is 15.0 Å². The molecule has 6 heteroatoms. The Hall–Kier alpha value is -7.83. The molecule has 0 unspecified atom stereocenters. The van der Waals surface area contributed by atoms with Crippen molar-refractivity contribution in [3.63, 3.8) is 0 Å². The number of rotatable bonds is 5. The molecule has 0 amide bonds. The van der Waals surface area contributed by atoms with E-state index in [0.717, 1.165) is 105 Å². The molecule has 0 saturated heterocycles. The van der Waals surface area contributed by atoms with Crippen LogP contribution in [0.25, 0.3) is 122 Å². The van der Waals surface area contributed by atoms with E-state index in [0.29, 0.717) is 17.5 Å². The van der Waals surface area contributed by atoms with Crippen LogP contribution in [0.4, 0.5) is 0 Å². The highest BCUT2D eigenvalue weighted by atomic mass is 16.3. The fourth-order valence-corrected chi connectivity index (χ4v) is 8.20. The van der Waals surface area contributed by atoms with E-state index in [1.54, 1.807) is 0 Å². The number of para-hydroxylation sites is 3. The lowest BCUT2D eigenvalue weighted by Gasteiger charge is -2.10. The third kappa shape index (κ3) is 5.08. The summed E-state index contributed by atoms with van der Waals surface area (Å²) in [7, 11) is 0. The molecule has 12 aromatic rings. The van der Waals surface area contributed by atoms with Gasteiger partial charge in [0.25, 0.3) is 0 Å². The summed E-state index contributed by atoms with van der Waals surface area (Å²) in [4.78, 5) is 15.0. The number of benzene rings is 8. The molecule has 4 aromatic heterocycles. The lowest BCUT2D eigenvalue weighted by Crippen LogP contribution is -2.00. The highest BCUT2D eigenvalue weighted by molar-refractivity contribution is 6.17. The highest BCUT2D eigenvalue weighted by Gasteiger charge is 2.19.